The minimum atomic E-state index is -1.21. The summed E-state index contributed by atoms with van der Waals surface area (Å²) in [6.45, 7) is 1.30. The van der Waals surface area contributed by atoms with E-state index < -0.39 is 23.7 Å². The van der Waals surface area contributed by atoms with Crippen LogP contribution < -0.4 is 10.6 Å². The molecule has 0 aromatic heterocycles. The van der Waals surface area contributed by atoms with E-state index in [4.69, 9.17) is 16.7 Å². The van der Waals surface area contributed by atoms with E-state index in [1.165, 1.54) is 25.1 Å². The van der Waals surface area contributed by atoms with Crippen LogP contribution in [0.3, 0.4) is 0 Å². The Morgan fingerprint density at radius 1 is 1.17 bits per heavy atom. The van der Waals surface area contributed by atoms with Crippen LogP contribution in [-0.2, 0) is 4.79 Å². The van der Waals surface area contributed by atoms with Gasteiger partial charge in [0.25, 0.3) is 11.8 Å². The molecule has 2 rings (SSSR count). The summed E-state index contributed by atoms with van der Waals surface area (Å²) in [6.07, 6.45) is -1.21. The van der Waals surface area contributed by atoms with Gasteiger partial charge in [-0.05, 0) is 43.3 Å². The van der Waals surface area contributed by atoms with Crippen molar-refractivity contribution in [3.8, 4) is 0 Å². The van der Waals surface area contributed by atoms with Gasteiger partial charge in [-0.15, -0.1) is 0 Å². The van der Waals surface area contributed by atoms with Crippen molar-refractivity contribution in [2.24, 2.45) is 0 Å². The van der Waals surface area contributed by atoms with Gasteiger partial charge in [-0.1, -0.05) is 17.7 Å². The summed E-state index contributed by atoms with van der Waals surface area (Å²) in [5, 5.41) is 14.3. The zero-order valence-electron chi connectivity index (χ0n) is 12.1. The number of anilines is 2. The zero-order valence-corrected chi connectivity index (χ0v) is 12.9. The van der Waals surface area contributed by atoms with E-state index >= 15 is 0 Å². The Balaban J connectivity index is 2.12. The summed E-state index contributed by atoms with van der Waals surface area (Å²) in [5.41, 5.74) is 0.433. The second-order valence-electron chi connectivity index (χ2n) is 4.82. The number of benzene rings is 2. The Morgan fingerprint density at radius 2 is 1.91 bits per heavy atom. The molecule has 0 bridgehead atoms. The average molecular weight is 337 g/mol. The first-order valence-corrected chi connectivity index (χ1v) is 7.10. The second-order valence-corrected chi connectivity index (χ2v) is 5.26. The van der Waals surface area contributed by atoms with Gasteiger partial charge in [0.1, 0.15) is 11.9 Å². The predicted molar refractivity (Wildman–Crippen MR) is 86.1 cm³/mol. The van der Waals surface area contributed by atoms with Crippen LogP contribution >= 0.6 is 11.6 Å². The Morgan fingerprint density at radius 3 is 2.52 bits per heavy atom. The van der Waals surface area contributed by atoms with Gasteiger partial charge < -0.3 is 15.7 Å². The number of carbonyl (C=O) groups is 2. The number of aliphatic hydroxyl groups excluding tert-OH is 1. The van der Waals surface area contributed by atoms with Crippen molar-refractivity contribution >= 4 is 34.8 Å². The highest BCUT2D eigenvalue weighted by Gasteiger charge is 2.13. The Kier molecular flexibility index (Phi) is 5.31. The molecule has 0 heterocycles. The fraction of sp³-hybridized carbons (Fsp3) is 0.125. The quantitative estimate of drug-likeness (QED) is 0.803. The molecule has 0 unspecified atom stereocenters. The maximum atomic E-state index is 14.0. The molecule has 1 atom stereocenters. The third kappa shape index (κ3) is 4.51. The molecular weight excluding hydrogens is 323 g/mol. The van der Waals surface area contributed by atoms with Crippen molar-refractivity contribution in [3.05, 3.63) is 58.9 Å². The maximum absolute atomic E-state index is 14.0. The normalized spacial score (nSPS) is 11.7. The minimum Gasteiger partial charge on any atom is -0.384 e. The van der Waals surface area contributed by atoms with Crippen LogP contribution in [0.25, 0.3) is 0 Å². The SMILES string of the molecule is C[C@H](O)C(=O)Nc1ccc(NC(=O)c2cccc(Cl)c2)c(F)c1. The molecule has 2 amide bonds. The highest BCUT2D eigenvalue weighted by Crippen LogP contribution is 2.20. The molecule has 0 saturated carbocycles. The molecular formula is C16H14ClFN2O3. The molecule has 2 aromatic rings. The molecule has 0 fully saturated rings. The highest BCUT2D eigenvalue weighted by atomic mass is 35.5. The first kappa shape index (κ1) is 16.9. The van der Waals surface area contributed by atoms with Crippen LogP contribution in [0.2, 0.25) is 5.02 Å². The molecule has 3 N–H and O–H groups in total. The van der Waals surface area contributed by atoms with E-state index in [-0.39, 0.29) is 11.4 Å². The third-order valence-corrected chi connectivity index (χ3v) is 3.19. The summed E-state index contributed by atoms with van der Waals surface area (Å²) in [5.74, 6) is -1.88. The van der Waals surface area contributed by atoms with Gasteiger partial charge in [0.05, 0.1) is 5.69 Å². The van der Waals surface area contributed by atoms with Gasteiger partial charge >= 0.3 is 0 Å². The molecule has 5 nitrogen and oxygen atoms in total. The molecule has 0 saturated heterocycles. The van der Waals surface area contributed by atoms with E-state index in [1.807, 2.05) is 0 Å². The van der Waals surface area contributed by atoms with E-state index in [0.717, 1.165) is 6.07 Å². The summed E-state index contributed by atoms with van der Waals surface area (Å²) < 4.78 is 14.0. The van der Waals surface area contributed by atoms with E-state index in [0.29, 0.717) is 10.6 Å². The summed E-state index contributed by atoms with van der Waals surface area (Å²) in [7, 11) is 0. The molecule has 120 valence electrons. The number of hydrogen-bond acceptors (Lipinski definition) is 3. The van der Waals surface area contributed by atoms with E-state index in [2.05, 4.69) is 10.6 Å². The topological polar surface area (TPSA) is 78.4 Å². The smallest absolute Gasteiger partial charge is 0.255 e. The summed E-state index contributed by atoms with van der Waals surface area (Å²) >= 11 is 5.80. The number of carbonyl (C=O) groups excluding carboxylic acids is 2. The van der Waals surface area contributed by atoms with Gasteiger partial charge in [0.2, 0.25) is 0 Å². The minimum absolute atomic E-state index is 0.0370. The molecule has 0 aliphatic heterocycles. The van der Waals surface area contributed by atoms with Crippen LogP contribution in [0.1, 0.15) is 17.3 Å². The largest absolute Gasteiger partial charge is 0.384 e. The van der Waals surface area contributed by atoms with Crippen LogP contribution in [0.4, 0.5) is 15.8 Å². The monoisotopic (exact) mass is 336 g/mol. The van der Waals surface area contributed by atoms with E-state index in [1.54, 1.807) is 18.2 Å². The van der Waals surface area contributed by atoms with E-state index in [9.17, 15) is 14.0 Å². The first-order chi connectivity index (χ1) is 10.9. The summed E-state index contributed by atoms with van der Waals surface area (Å²) in [4.78, 5) is 23.4. The molecule has 2 aromatic carbocycles. The maximum Gasteiger partial charge on any atom is 0.255 e. The number of amides is 2. The lowest BCUT2D eigenvalue weighted by Gasteiger charge is -2.10. The second kappa shape index (κ2) is 7.21. The number of halogens is 2. The molecule has 0 aliphatic carbocycles. The third-order valence-electron chi connectivity index (χ3n) is 2.95. The molecule has 0 radical (unpaired) electrons. The van der Waals surface area contributed by atoms with Gasteiger partial charge in [0, 0.05) is 16.3 Å². The molecule has 0 spiro atoms. The number of nitrogens with one attached hydrogen (secondary N) is 2. The lowest BCUT2D eigenvalue weighted by Crippen LogP contribution is -2.24. The van der Waals surface area contributed by atoms with Crippen LogP contribution in [-0.4, -0.2) is 23.0 Å². The van der Waals surface area contributed by atoms with Crippen molar-refractivity contribution < 1.29 is 19.1 Å². The van der Waals surface area contributed by atoms with Crippen molar-refractivity contribution in [2.75, 3.05) is 10.6 Å². The van der Waals surface area contributed by atoms with Gasteiger partial charge in [0.15, 0.2) is 0 Å². The fourth-order valence-corrected chi connectivity index (χ4v) is 1.96. The lowest BCUT2D eigenvalue weighted by atomic mass is 10.2. The Hall–Kier alpha value is -2.44. The molecule has 23 heavy (non-hydrogen) atoms. The van der Waals surface area contributed by atoms with Crippen LogP contribution in [0.15, 0.2) is 42.5 Å². The number of hydrogen-bond donors (Lipinski definition) is 3. The molecule has 0 aliphatic rings. The molecule has 7 heteroatoms. The van der Waals surface area contributed by atoms with Crippen molar-refractivity contribution in [1.29, 1.82) is 0 Å². The summed E-state index contributed by atoms with van der Waals surface area (Å²) in [6, 6.07) is 10.0. The predicted octanol–water partition coefficient (Wildman–Crippen LogP) is 3.05. The number of aliphatic hydroxyl groups is 1. The van der Waals surface area contributed by atoms with Crippen molar-refractivity contribution in [1.82, 2.24) is 0 Å². The van der Waals surface area contributed by atoms with Crippen molar-refractivity contribution in [2.45, 2.75) is 13.0 Å². The fourth-order valence-electron chi connectivity index (χ4n) is 1.77. The van der Waals surface area contributed by atoms with Crippen LogP contribution in [0, 0.1) is 5.82 Å². The average Bonchev–Trinajstić information content (AvgIpc) is 2.49. The van der Waals surface area contributed by atoms with Crippen LogP contribution in [0.5, 0.6) is 0 Å². The van der Waals surface area contributed by atoms with Gasteiger partial charge in [-0.3, -0.25) is 9.59 Å². The van der Waals surface area contributed by atoms with Gasteiger partial charge in [-0.25, -0.2) is 4.39 Å². The standard InChI is InChI=1S/C16H14ClFN2O3/c1-9(21)15(22)19-12-5-6-14(13(18)8-12)20-16(23)10-3-2-4-11(17)7-10/h2-9,21H,1H3,(H,19,22)(H,20,23)/t9-/m0/s1. The zero-order chi connectivity index (χ0) is 17.0. The lowest BCUT2D eigenvalue weighted by molar-refractivity contribution is -0.123. The first-order valence-electron chi connectivity index (χ1n) is 6.72. The Labute approximate surface area is 137 Å². The van der Waals surface area contributed by atoms with Gasteiger partial charge in [-0.2, -0.15) is 0 Å². The van der Waals surface area contributed by atoms with Crippen molar-refractivity contribution in [3.63, 3.8) is 0 Å². The Bertz CT molecular complexity index is 750. The number of rotatable bonds is 4. The highest BCUT2D eigenvalue weighted by molar-refractivity contribution is 6.31.